The summed E-state index contributed by atoms with van der Waals surface area (Å²) in [6.45, 7) is 3.56. The van der Waals surface area contributed by atoms with Crippen molar-refractivity contribution in [3.8, 4) is 0 Å². The van der Waals surface area contributed by atoms with Crippen LogP contribution in [0.25, 0.3) is 0 Å². The summed E-state index contributed by atoms with van der Waals surface area (Å²) >= 11 is 0. The van der Waals surface area contributed by atoms with Crippen molar-refractivity contribution >= 4 is 11.9 Å². The number of rotatable bonds is 6. The van der Waals surface area contributed by atoms with Gasteiger partial charge in [-0.25, -0.2) is 4.79 Å². The van der Waals surface area contributed by atoms with Crippen molar-refractivity contribution < 1.29 is 9.59 Å². The van der Waals surface area contributed by atoms with Gasteiger partial charge in [0.25, 0.3) is 0 Å². The van der Waals surface area contributed by atoms with Crippen molar-refractivity contribution in [2.75, 3.05) is 20.1 Å². The van der Waals surface area contributed by atoms with Gasteiger partial charge in [0.15, 0.2) is 0 Å². The molecule has 0 saturated carbocycles. The average molecular weight is 318 g/mol. The SMILES string of the molecule is CNCC1CCCN1C(=O)CC(NC(N)=O)c1cccc(C)c1. The van der Waals surface area contributed by atoms with Crippen LogP contribution in [0.1, 0.15) is 36.4 Å². The molecule has 1 aliphatic rings. The van der Waals surface area contributed by atoms with Crippen LogP contribution < -0.4 is 16.4 Å². The van der Waals surface area contributed by atoms with Crippen LogP contribution >= 0.6 is 0 Å². The molecule has 23 heavy (non-hydrogen) atoms. The van der Waals surface area contributed by atoms with Gasteiger partial charge in [0.1, 0.15) is 0 Å². The molecular weight excluding hydrogens is 292 g/mol. The summed E-state index contributed by atoms with van der Waals surface area (Å²) in [6.07, 6.45) is 2.27. The number of nitrogens with two attached hydrogens (primary N) is 1. The molecule has 2 atom stereocenters. The van der Waals surface area contributed by atoms with Crippen LogP contribution in [0.5, 0.6) is 0 Å². The summed E-state index contributed by atoms with van der Waals surface area (Å²) in [7, 11) is 1.89. The molecule has 3 amide bonds. The maximum Gasteiger partial charge on any atom is 0.312 e. The standard InChI is InChI=1S/C17H26N4O2/c1-12-5-3-6-13(9-12)15(20-17(18)23)10-16(22)21-8-4-7-14(21)11-19-2/h3,5-6,9,14-15,19H,4,7-8,10-11H2,1-2H3,(H3,18,20,23). The van der Waals surface area contributed by atoms with Crippen molar-refractivity contribution in [1.29, 1.82) is 0 Å². The van der Waals surface area contributed by atoms with Crippen LogP contribution in [0.2, 0.25) is 0 Å². The Morgan fingerprint density at radius 2 is 2.22 bits per heavy atom. The molecule has 1 aromatic rings. The van der Waals surface area contributed by atoms with E-state index in [4.69, 9.17) is 5.73 Å². The number of amides is 3. The number of likely N-dealkylation sites (N-methyl/N-ethyl adjacent to an activating group) is 1. The van der Waals surface area contributed by atoms with Gasteiger partial charge in [-0.05, 0) is 32.4 Å². The van der Waals surface area contributed by atoms with Gasteiger partial charge in [0, 0.05) is 19.1 Å². The number of nitrogens with one attached hydrogen (secondary N) is 2. The predicted molar refractivity (Wildman–Crippen MR) is 89.9 cm³/mol. The highest BCUT2D eigenvalue weighted by Crippen LogP contribution is 2.23. The fraction of sp³-hybridized carbons (Fsp3) is 0.529. The zero-order chi connectivity index (χ0) is 16.8. The molecule has 0 aromatic heterocycles. The van der Waals surface area contributed by atoms with E-state index in [1.807, 2.05) is 43.1 Å². The second-order valence-electron chi connectivity index (χ2n) is 6.12. The smallest absolute Gasteiger partial charge is 0.312 e. The maximum atomic E-state index is 12.7. The van der Waals surface area contributed by atoms with E-state index in [-0.39, 0.29) is 18.4 Å². The van der Waals surface area contributed by atoms with Crippen molar-refractivity contribution in [2.24, 2.45) is 5.73 Å². The fourth-order valence-electron chi connectivity index (χ4n) is 3.21. The molecule has 1 aromatic carbocycles. The van der Waals surface area contributed by atoms with Gasteiger partial charge in [0.05, 0.1) is 12.5 Å². The van der Waals surface area contributed by atoms with Crippen LogP contribution in [-0.2, 0) is 4.79 Å². The Labute approximate surface area is 137 Å². The number of hydrogen-bond donors (Lipinski definition) is 3. The average Bonchev–Trinajstić information content (AvgIpc) is 2.95. The normalized spacial score (nSPS) is 18.7. The Hall–Kier alpha value is -2.08. The van der Waals surface area contributed by atoms with Crippen molar-refractivity contribution in [1.82, 2.24) is 15.5 Å². The summed E-state index contributed by atoms with van der Waals surface area (Å²) in [6, 6.07) is 7.02. The molecule has 2 rings (SSSR count). The molecule has 1 saturated heterocycles. The summed E-state index contributed by atoms with van der Waals surface area (Å²) < 4.78 is 0. The number of hydrogen-bond acceptors (Lipinski definition) is 3. The van der Waals surface area contributed by atoms with Crippen molar-refractivity contribution in [3.63, 3.8) is 0 Å². The van der Waals surface area contributed by atoms with Gasteiger partial charge in [-0.15, -0.1) is 0 Å². The zero-order valence-electron chi connectivity index (χ0n) is 13.8. The number of primary amides is 1. The van der Waals surface area contributed by atoms with E-state index >= 15 is 0 Å². The van der Waals surface area contributed by atoms with E-state index in [1.54, 1.807) is 0 Å². The third kappa shape index (κ3) is 4.69. The van der Waals surface area contributed by atoms with Gasteiger partial charge >= 0.3 is 6.03 Å². The quantitative estimate of drug-likeness (QED) is 0.739. The number of carbonyl (C=O) groups is 2. The largest absolute Gasteiger partial charge is 0.352 e. The fourth-order valence-corrected chi connectivity index (χ4v) is 3.21. The summed E-state index contributed by atoms with van der Waals surface area (Å²) in [4.78, 5) is 25.9. The zero-order valence-corrected chi connectivity index (χ0v) is 13.8. The van der Waals surface area contributed by atoms with Crippen molar-refractivity contribution in [3.05, 3.63) is 35.4 Å². The van der Waals surface area contributed by atoms with Crippen LogP contribution in [0.4, 0.5) is 4.79 Å². The third-order valence-corrected chi connectivity index (χ3v) is 4.28. The minimum atomic E-state index is -0.613. The Kier molecular flexibility index (Phi) is 5.98. The Balaban J connectivity index is 2.11. The molecule has 0 radical (unpaired) electrons. The monoisotopic (exact) mass is 318 g/mol. The summed E-state index contributed by atoms with van der Waals surface area (Å²) in [5.41, 5.74) is 7.28. The van der Waals surface area contributed by atoms with Crippen LogP contribution in [0.3, 0.4) is 0 Å². The molecule has 0 spiro atoms. The first-order valence-corrected chi connectivity index (χ1v) is 8.08. The second kappa shape index (κ2) is 7.97. The molecule has 1 heterocycles. The highest BCUT2D eigenvalue weighted by molar-refractivity contribution is 5.79. The lowest BCUT2D eigenvalue weighted by molar-refractivity contribution is -0.132. The molecule has 1 fully saturated rings. The summed E-state index contributed by atoms with van der Waals surface area (Å²) in [5, 5.41) is 5.84. The van der Waals surface area contributed by atoms with Gasteiger partial charge in [-0.2, -0.15) is 0 Å². The van der Waals surface area contributed by atoms with Crippen molar-refractivity contribution in [2.45, 2.75) is 38.3 Å². The van der Waals surface area contributed by atoms with Gasteiger partial charge < -0.3 is 21.3 Å². The van der Waals surface area contributed by atoms with Crippen LogP contribution in [0.15, 0.2) is 24.3 Å². The minimum absolute atomic E-state index is 0.0583. The van der Waals surface area contributed by atoms with E-state index in [2.05, 4.69) is 10.6 Å². The van der Waals surface area contributed by atoms with Gasteiger partial charge in [-0.1, -0.05) is 29.8 Å². The maximum absolute atomic E-state index is 12.7. The predicted octanol–water partition coefficient (Wildman–Crippen LogP) is 1.30. The molecular formula is C17H26N4O2. The van der Waals surface area contributed by atoms with E-state index in [0.717, 1.165) is 37.1 Å². The van der Waals surface area contributed by atoms with Crippen LogP contribution in [-0.4, -0.2) is 43.0 Å². The summed E-state index contributed by atoms with van der Waals surface area (Å²) in [5.74, 6) is 0.0583. The highest BCUT2D eigenvalue weighted by Gasteiger charge is 2.30. The topological polar surface area (TPSA) is 87.5 Å². The Bertz CT molecular complexity index is 561. The van der Waals surface area contributed by atoms with E-state index < -0.39 is 12.1 Å². The molecule has 126 valence electrons. The molecule has 0 aliphatic carbocycles. The lowest BCUT2D eigenvalue weighted by Gasteiger charge is -2.27. The highest BCUT2D eigenvalue weighted by atomic mass is 16.2. The number of nitrogens with zero attached hydrogens (tertiary/aromatic N) is 1. The van der Waals surface area contributed by atoms with E-state index in [9.17, 15) is 9.59 Å². The molecule has 1 aliphatic heterocycles. The number of benzene rings is 1. The van der Waals surface area contributed by atoms with Gasteiger partial charge in [0.2, 0.25) is 5.91 Å². The molecule has 6 heteroatoms. The molecule has 4 N–H and O–H groups in total. The number of urea groups is 1. The Morgan fingerprint density at radius 3 is 2.87 bits per heavy atom. The molecule has 0 bridgehead atoms. The lowest BCUT2D eigenvalue weighted by Crippen LogP contribution is -2.43. The van der Waals surface area contributed by atoms with E-state index in [0.29, 0.717) is 0 Å². The third-order valence-electron chi connectivity index (χ3n) is 4.28. The molecule has 6 nitrogen and oxygen atoms in total. The Morgan fingerprint density at radius 1 is 1.43 bits per heavy atom. The number of likely N-dealkylation sites (tertiary alicyclic amines) is 1. The van der Waals surface area contributed by atoms with E-state index in [1.165, 1.54) is 0 Å². The van der Waals surface area contributed by atoms with Gasteiger partial charge in [-0.3, -0.25) is 4.79 Å². The first-order chi connectivity index (χ1) is 11.0. The lowest BCUT2D eigenvalue weighted by atomic mass is 10.0. The first-order valence-electron chi connectivity index (χ1n) is 8.08. The number of aryl methyl sites for hydroxylation is 1. The minimum Gasteiger partial charge on any atom is -0.352 e. The first kappa shape index (κ1) is 17.3. The molecule has 2 unspecified atom stereocenters. The van der Waals surface area contributed by atoms with Crippen LogP contribution in [0, 0.1) is 6.92 Å². The number of carbonyl (C=O) groups excluding carboxylic acids is 2. The second-order valence-corrected chi connectivity index (χ2v) is 6.12.